The van der Waals surface area contributed by atoms with Crippen LogP contribution in [-0.2, 0) is 0 Å². The third kappa shape index (κ3) is 3.08. The fourth-order valence-corrected chi connectivity index (χ4v) is 2.97. The van der Waals surface area contributed by atoms with Crippen molar-refractivity contribution in [2.75, 3.05) is 0 Å². The van der Waals surface area contributed by atoms with Crippen LogP contribution in [0.4, 0.5) is 0 Å². The highest BCUT2D eigenvalue weighted by Crippen LogP contribution is 2.30. The van der Waals surface area contributed by atoms with Crippen molar-refractivity contribution in [2.45, 2.75) is 25.9 Å². The molecule has 0 bridgehead atoms. The molecule has 0 saturated heterocycles. The topological polar surface area (TPSA) is 55.9 Å². The van der Waals surface area contributed by atoms with Crippen LogP contribution in [0.3, 0.4) is 0 Å². The van der Waals surface area contributed by atoms with E-state index in [-0.39, 0.29) is 12.1 Å². The van der Waals surface area contributed by atoms with Crippen molar-refractivity contribution in [3.8, 4) is 0 Å². The molecule has 1 atom stereocenters. The standard InChI is InChI=1S/C13H16Br2N4/c1-8(2)19-13(11(15)7-17-19)12(18-16)9-4-3-5-10(14)6-9/h3-8,12,18H,16H2,1-2H3. The van der Waals surface area contributed by atoms with Gasteiger partial charge in [0.2, 0.25) is 0 Å². The summed E-state index contributed by atoms with van der Waals surface area (Å²) in [5, 5.41) is 4.39. The zero-order valence-electron chi connectivity index (χ0n) is 10.8. The summed E-state index contributed by atoms with van der Waals surface area (Å²) in [6.45, 7) is 4.19. The Bertz CT molecular complexity index is 566. The Labute approximate surface area is 129 Å². The second-order valence-electron chi connectivity index (χ2n) is 4.57. The molecular formula is C13H16Br2N4. The first-order chi connectivity index (χ1) is 9.04. The molecule has 2 aromatic rings. The SMILES string of the molecule is CC(C)n1ncc(Br)c1C(NN)c1cccc(Br)c1. The Morgan fingerprint density at radius 3 is 2.63 bits per heavy atom. The maximum atomic E-state index is 5.76. The van der Waals surface area contributed by atoms with Crippen LogP contribution < -0.4 is 11.3 Å². The molecule has 0 fully saturated rings. The van der Waals surface area contributed by atoms with Crippen molar-refractivity contribution in [1.82, 2.24) is 15.2 Å². The van der Waals surface area contributed by atoms with Crippen molar-refractivity contribution in [3.05, 3.63) is 50.7 Å². The predicted octanol–water partition coefficient (Wildman–Crippen LogP) is 3.54. The summed E-state index contributed by atoms with van der Waals surface area (Å²) < 4.78 is 3.94. The number of rotatable bonds is 4. The lowest BCUT2D eigenvalue weighted by Crippen LogP contribution is -2.31. The monoisotopic (exact) mass is 386 g/mol. The fourth-order valence-electron chi connectivity index (χ4n) is 2.05. The summed E-state index contributed by atoms with van der Waals surface area (Å²) in [6.07, 6.45) is 1.80. The van der Waals surface area contributed by atoms with Gasteiger partial charge in [-0.15, -0.1) is 0 Å². The summed E-state index contributed by atoms with van der Waals surface area (Å²) >= 11 is 7.04. The van der Waals surface area contributed by atoms with Crippen LogP contribution >= 0.6 is 31.9 Å². The van der Waals surface area contributed by atoms with Crippen LogP contribution in [0.15, 0.2) is 39.4 Å². The second kappa shape index (κ2) is 6.17. The molecule has 0 aliphatic heterocycles. The van der Waals surface area contributed by atoms with Gasteiger partial charge in [-0.3, -0.25) is 10.5 Å². The molecule has 0 radical (unpaired) electrons. The van der Waals surface area contributed by atoms with Crippen LogP contribution in [0.25, 0.3) is 0 Å². The molecule has 2 rings (SSSR count). The van der Waals surface area contributed by atoms with Gasteiger partial charge in [0, 0.05) is 10.5 Å². The minimum absolute atomic E-state index is 0.114. The lowest BCUT2D eigenvalue weighted by Gasteiger charge is -2.21. The van der Waals surface area contributed by atoms with E-state index in [1.807, 2.05) is 22.9 Å². The van der Waals surface area contributed by atoms with E-state index in [9.17, 15) is 0 Å². The average Bonchev–Trinajstić information content (AvgIpc) is 2.73. The summed E-state index contributed by atoms with van der Waals surface area (Å²) in [5.41, 5.74) is 4.98. The van der Waals surface area contributed by atoms with Crippen molar-refractivity contribution in [1.29, 1.82) is 0 Å². The summed E-state index contributed by atoms with van der Waals surface area (Å²) in [5.74, 6) is 5.76. The van der Waals surface area contributed by atoms with Gasteiger partial charge < -0.3 is 0 Å². The highest BCUT2D eigenvalue weighted by atomic mass is 79.9. The minimum atomic E-state index is -0.114. The van der Waals surface area contributed by atoms with E-state index >= 15 is 0 Å². The first-order valence-corrected chi connectivity index (χ1v) is 7.57. The Morgan fingerprint density at radius 2 is 2.05 bits per heavy atom. The van der Waals surface area contributed by atoms with Crippen LogP contribution in [-0.4, -0.2) is 9.78 Å². The molecular weight excluding hydrogens is 372 g/mol. The van der Waals surface area contributed by atoms with E-state index < -0.39 is 0 Å². The van der Waals surface area contributed by atoms with Gasteiger partial charge in [-0.1, -0.05) is 28.1 Å². The average molecular weight is 388 g/mol. The zero-order valence-corrected chi connectivity index (χ0v) is 13.9. The lowest BCUT2D eigenvalue weighted by atomic mass is 10.0. The molecule has 6 heteroatoms. The van der Waals surface area contributed by atoms with Crippen LogP contribution in [0.2, 0.25) is 0 Å². The number of hydrogen-bond donors (Lipinski definition) is 2. The Morgan fingerprint density at radius 1 is 1.32 bits per heavy atom. The molecule has 0 saturated carbocycles. The van der Waals surface area contributed by atoms with Gasteiger partial charge in [-0.05, 0) is 47.5 Å². The highest BCUT2D eigenvalue weighted by molar-refractivity contribution is 9.10. The van der Waals surface area contributed by atoms with E-state index in [1.165, 1.54) is 0 Å². The summed E-state index contributed by atoms with van der Waals surface area (Å²) in [4.78, 5) is 0. The van der Waals surface area contributed by atoms with Crippen molar-refractivity contribution in [2.24, 2.45) is 5.84 Å². The number of hydrazine groups is 1. The molecule has 1 unspecified atom stereocenters. The zero-order chi connectivity index (χ0) is 14.0. The normalized spacial score (nSPS) is 12.9. The number of nitrogens with two attached hydrogens (primary N) is 1. The smallest absolute Gasteiger partial charge is 0.0890 e. The number of benzene rings is 1. The van der Waals surface area contributed by atoms with Crippen LogP contribution in [0.1, 0.15) is 37.2 Å². The molecule has 3 N–H and O–H groups in total. The first kappa shape index (κ1) is 14.7. The van der Waals surface area contributed by atoms with E-state index in [4.69, 9.17) is 5.84 Å². The van der Waals surface area contributed by atoms with E-state index in [1.54, 1.807) is 6.20 Å². The predicted molar refractivity (Wildman–Crippen MR) is 83.6 cm³/mol. The van der Waals surface area contributed by atoms with E-state index in [0.29, 0.717) is 0 Å². The van der Waals surface area contributed by atoms with Crippen LogP contribution in [0.5, 0.6) is 0 Å². The van der Waals surface area contributed by atoms with Gasteiger partial charge in [-0.2, -0.15) is 5.10 Å². The number of halogens is 2. The third-order valence-electron chi connectivity index (χ3n) is 2.90. The quantitative estimate of drug-likeness (QED) is 0.623. The number of hydrogen-bond acceptors (Lipinski definition) is 3. The number of aromatic nitrogens is 2. The Kier molecular flexibility index (Phi) is 4.78. The molecule has 0 spiro atoms. The second-order valence-corrected chi connectivity index (χ2v) is 6.34. The molecule has 102 valence electrons. The minimum Gasteiger partial charge on any atom is -0.271 e. The van der Waals surface area contributed by atoms with Gasteiger partial charge in [0.1, 0.15) is 0 Å². The van der Waals surface area contributed by atoms with E-state index in [0.717, 1.165) is 20.2 Å². The van der Waals surface area contributed by atoms with Gasteiger partial charge >= 0.3 is 0 Å². The van der Waals surface area contributed by atoms with Gasteiger partial charge in [-0.25, -0.2) is 5.43 Å². The molecule has 1 aromatic carbocycles. The van der Waals surface area contributed by atoms with E-state index in [2.05, 4.69) is 62.3 Å². The van der Waals surface area contributed by atoms with Crippen molar-refractivity contribution < 1.29 is 0 Å². The first-order valence-electron chi connectivity index (χ1n) is 5.99. The molecule has 19 heavy (non-hydrogen) atoms. The Balaban J connectivity index is 2.51. The van der Waals surface area contributed by atoms with Gasteiger partial charge in [0.25, 0.3) is 0 Å². The Hall–Kier alpha value is -0.690. The maximum absolute atomic E-state index is 5.76. The van der Waals surface area contributed by atoms with Gasteiger partial charge in [0.15, 0.2) is 0 Å². The fraction of sp³-hybridized carbons (Fsp3) is 0.308. The number of nitrogens with zero attached hydrogens (tertiary/aromatic N) is 2. The van der Waals surface area contributed by atoms with Crippen molar-refractivity contribution in [3.63, 3.8) is 0 Å². The largest absolute Gasteiger partial charge is 0.271 e. The molecule has 4 nitrogen and oxygen atoms in total. The molecule has 1 aromatic heterocycles. The number of nitrogens with one attached hydrogen (secondary N) is 1. The molecule has 0 aliphatic carbocycles. The molecule has 0 amide bonds. The molecule has 1 heterocycles. The van der Waals surface area contributed by atoms with Gasteiger partial charge in [0.05, 0.1) is 22.4 Å². The summed E-state index contributed by atoms with van der Waals surface area (Å²) in [7, 11) is 0. The highest BCUT2D eigenvalue weighted by Gasteiger charge is 2.22. The maximum Gasteiger partial charge on any atom is 0.0890 e. The van der Waals surface area contributed by atoms with Crippen LogP contribution in [0, 0.1) is 0 Å². The lowest BCUT2D eigenvalue weighted by molar-refractivity contribution is 0.475. The van der Waals surface area contributed by atoms with Crippen molar-refractivity contribution >= 4 is 31.9 Å². The third-order valence-corrected chi connectivity index (χ3v) is 4.00. The molecule has 0 aliphatic rings. The summed E-state index contributed by atoms with van der Waals surface area (Å²) in [6, 6.07) is 8.23.